The lowest BCUT2D eigenvalue weighted by Gasteiger charge is -2.28. The molecule has 0 radical (unpaired) electrons. The molecule has 0 spiro atoms. The summed E-state index contributed by atoms with van der Waals surface area (Å²) in [5.41, 5.74) is 2.09. The van der Waals surface area contributed by atoms with Crippen molar-refractivity contribution in [2.24, 2.45) is 5.41 Å². The lowest BCUT2D eigenvalue weighted by molar-refractivity contribution is -0.117. The molecule has 1 aliphatic carbocycles. The first-order chi connectivity index (χ1) is 6.91. The monoisotopic (exact) mass is 242 g/mol. The van der Waals surface area contributed by atoms with Gasteiger partial charge in [0.15, 0.2) is 5.78 Å². The molecule has 15 heavy (non-hydrogen) atoms. The molecule has 0 bridgehead atoms. The third-order valence-electron chi connectivity index (χ3n) is 2.47. The number of Topliss-reactive ketones (excluding diaryl/α,β-unsaturated/α-hetero) is 1. The van der Waals surface area contributed by atoms with E-state index >= 15 is 0 Å². The lowest BCUT2D eigenvalue weighted by Crippen LogP contribution is -2.22. The highest BCUT2D eigenvalue weighted by atomic mass is 32.2. The van der Waals surface area contributed by atoms with E-state index in [1.807, 2.05) is 19.4 Å². The zero-order valence-corrected chi connectivity index (χ0v) is 11.6. The molecule has 1 aliphatic rings. The zero-order valence-electron chi connectivity index (χ0n) is 10.0. The fraction of sp³-hybridized carbons (Fsp3) is 0.583. The van der Waals surface area contributed by atoms with Gasteiger partial charge < -0.3 is 0 Å². The molecule has 0 saturated heterocycles. The zero-order chi connectivity index (χ0) is 11.6. The van der Waals surface area contributed by atoms with Gasteiger partial charge in [-0.25, -0.2) is 0 Å². The predicted octanol–water partition coefficient (Wildman–Crippen LogP) is 3.87. The summed E-state index contributed by atoms with van der Waals surface area (Å²) in [4.78, 5) is 12.1. The molecule has 0 aromatic rings. The molecule has 1 nitrogen and oxygen atoms in total. The summed E-state index contributed by atoms with van der Waals surface area (Å²) in [7, 11) is 0. The second-order valence-electron chi connectivity index (χ2n) is 4.49. The number of carbonyl (C=O) groups is 1. The van der Waals surface area contributed by atoms with Crippen LogP contribution in [-0.4, -0.2) is 18.3 Å². The van der Waals surface area contributed by atoms with Gasteiger partial charge in [-0.1, -0.05) is 19.9 Å². The molecule has 0 aliphatic heterocycles. The van der Waals surface area contributed by atoms with Crippen molar-refractivity contribution in [2.45, 2.75) is 27.2 Å². The molecule has 0 amide bonds. The van der Waals surface area contributed by atoms with E-state index in [1.165, 1.54) is 0 Å². The maximum absolute atomic E-state index is 12.1. The number of carbonyl (C=O) groups excluding carboxylic acids is 1. The maximum atomic E-state index is 12.1. The van der Waals surface area contributed by atoms with E-state index in [1.54, 1.807) is 23.5 Å². The summed E-state index contributed by atoms with van der Waals surface area (Å²) in [5, 5.41) is 0. The second kappa shape index (κ2) is 4.79. The topological polar surface area (TPSA) is 17.1 Å². The average molecular weight is 242 g/mol. The molecule has 0 N–H and O–H groups in total. The van der Waals surface area contributed by atoms with Crippen molar-refractivity contribution in [1.82, 2.24) is 0 Å². The predicted molar refractivity (Wildman–Crippen MR) is 71.2 cm³/mol. The van der Waals surface area contributed by atoms with Crippen LogP contribution in [0.25, 0.3) is 0 Å². The highest BCUT2D eigenvalue weighted by molar-refractivity contribution is 8.21. The van der Waals surface area contributed by atoms with Crippen LogP contribution >= 0.6 is 23.5 Å². The molecule has 0 unspecified atom stereocenters. The Labute approximate surface area is 101 Å². The van der Waals surface area contributed by atoms with Crippen LogP contribution in [0, 0.1) is 5.41 Å². The van der Waals surface area contributed by atoms with Crippen LogP contribution in [0.5, 0.6) is 0 Å². The third-order valence-corrected chi connectivity index (χ3v) is 4.62. The Morgan fingerprint density at radius 2 is 1.87 bits per heavy atom. The first-order valence-electron chi connectivity index (χ1n) is 4.96. The molecular formula is C12H18OS2. The van der Waals surface area contributed by atoms with Gasteiger partial charge >= 0.3 is 0 Å². The van der Waals surface area contributed by atoms with Crippen molar-refractivity contribution in [3.05, 3.63) is 21.5 Å². The number of hydrogen-bond acceptors (Lipinski definition) is 3. The minimum atomic E-state index is 0.0204. The number of allylic oxidation sites excluding steroid dienone is 3. The van der Waals surface area contributed by atoms with E-state index < -0.39 is 0 Å². The van der Waals surface area contributed by atoms with E-state index in [-0.39, 0.29) is 5.41 Å². The maximum Gasteiger partial charge on any atom is 0.165 e. The van der Waals surface area contributed by atoms with Crippen molar-refractivity contribution in [2.75, 3.05) is 12.5 Å². The lowest BCUT2D eigenvalue weighted by atomic mass is 9.77. The molecule has 0 saturated carbocycles. The van der Waals surface area contributed by atoms with E-state index in [0.717, 1.165) is 15.4 Å². The van der Waals surface area contributed by atoms with Crippen molar-refractivity contribution in [3.63, 3.8) is 0 Å². The summed E-state index contributed by atoms with van der Waals surface area (Å²) >= 11 is 3.33. The molecule has 84 valence electrons. The first-order valence-corrected chi connectivity index (χ1v) is 7.41. The highest BCUT2D eigenvalue weighted by Gasteiger charge is 2.29. The molecule has 0 aromatic heterocycles. The normalized spacial score (nSPS) is 20.2. The van der Waals surface area contributed by atoms with Crippen LogP contribution < -0.4 is 0 Å². The van der Waals surface area contributed by atoms with Gasteiger partial charge in [-0.15, -0.1) is 23.5 Å². The largest absolute Gasteiger partial charge is 0.294 e. The minimum Gasteiger partial charge on any atom is -0.294 e. The highest BCUT2D eigenvalue weighted by Crippen LogP contribution is 2.39. The summed E-state index contributed by atoms with van der Waals surface area (Å²) in [6, 6.07) is 0. The smallest absolute Gasteiger partial charge is 0.165 e. The third kappa shape index (κ3) is 2.91. The summed E-state index contributed by atoms with van der Waals surface area (Å²) < 4.78 is 1.14. The molecule has 1 rings (SSSR count). The molecule has 0 aromatic carbocycles. The Kier molecular flexibility index (Phi) is 4.13. The quantitative estimate of drug-likeness (QED) is 0.684. The summed E-state index contributed by atoms with van der Waals surface area (Å²) in [5.74, 6) is 0.290. The summed E-state index contributed by atoms with van der Waals surface area (Å²) in [6.45, 7) is 6.27. The minimum absolute atomic E-state index is 0.0204. The number of thioether (sulfide) groups is 2. The van der Waals surface area contributed by atoms with Gasteiger partial charge in [0.25, 0.3) is 0 Å². The molecule has 0 heterocycles. The standard InChI is InChI=1S/C12H18OS2/c1-8-6-12(2,3)7-9(13)10(8)11(14-4)15-5/h6H,7H2,1-5H3. The Morgan fingerprint density at radius 1 is 1.33 bits per heavy atom. The number of ketones is 1. The van der Waals surface area contributed by atoms with Gasteiger partial charge in [0.1, 0.15) is 0 Å². The van der Waals surface area contributed by atoms with Gasteiger partial charge in [-0.2, -0.15) is 0 Å². The van der Waals surface area contributed by atoms with Gasteiger partial charge in [0, 0.05) is 12.0 Å². The van der Waals surface area contributed by atoms with Gasteiger partial charge in [-0.05, 0) is 30.4 Å². The van der Waals surface area contributed by atoms with E-state index in [4.69, 9.17) is 0 Å². The summed E-state index contributed by atoms with van der Waals surface area (Å²) in [6.07, 6.45) is 6.90. The Balaban J connectivity index is 3.23. The van der Waals surface area contributed by atoms with Gasteiger partial charge in [0.05, 0.1) is 4.24 Å². The van der Waals surface area contributed by atoms with E-state index in [0.29, 0.717) is 12.2 Å². The van der Waals surface area contributed by atoms with Crippen LogP contribution in [-0.2, 0) is 4.79 Å². The fourth-order valence-electron chi connectivity index (χ4n) is 1.99. The van der Waals surface area contributed by atoms with E-state index in [9.17, 15) is 4.79 Å². The van der Waals surface area contributed by atoms with Gasteiger partial charge in [-0.3, -0.25) is 4.79 Å². The van der Waals surface area contributed by atoms with Gasteiger partial charge in [0.2, 0.25) is 0 Å². The molecule has 0 fully saturated rings. The van der Waals surface area contributed by atoms with Crippen LogP contribution in [0.15, 0.2) is 21.5 Å². The van der Waals surface area contributed by atoms with Crippen molar-refractivity contribution in [3.8, 4) is 0 Å². The number of hydrogen-bond donors (Lipinski definition) is 0. The van der Waals surface area contributed by atoms with Crippen LogP contribution in [0.4, 0.5) is 0 Å². The van der Waals surface area contributed by atoms with Crippen molar-refractivity contribution < 1.29 is 4.79 Å². The van der Waals surface area contributed by atoms with Crippen molar-refractivity contribution >= 4 is 29.3 Å². The molecule has 3 heteroatoms. The average Bonchev–Trinajstić information content (AvgIpc) is 2.09. The molecular weight excluding hydrogens is 224 g/mol. The van der Waals surface area contributed by atoms with Crippen LogP contribution in [0.3, 0.4) is 0 Å². The first kappa shape index (κ1) is 12.9. The SMILES string of the molecule is CSC(SC)=C1C(=O)CC(C)(C)C=C1C. The Morgan fingerprint density at radius 3 is 2.27 bits per heavy atom. The Hall–Kier alpha value is -0.150. The molecule has 0 atom stereocenters. The Bertz CT molecular complexity index is 332. The van der Waals surface area contributed by atoms with E-state index in [2.05, 4.69) is 19.9 Å². The van der Waals surface area contributed by atoms with Crippen LogP contribution in [0.1, 0.15) is 27.2 Å². The van der Waals surface area contributed by atoms with Crippen LogP contribution in [0.2, 0.25) is 0 Å². The van der Waals surface area contributed by atoms with Crippen molar-refractivity contribution in [1.29, 1.82) is 0 Å². The second-order valence-corrected chi connectivity index (χ2v) is 6.38. The fourth-order valence-corrected chi connectivity index (χ4v) is 3.62. The number of rotatable bonds is 2.